The Balaban J connectivity index is 2.26. The number of benzene rings is 2. The molecule has 0 aliphatic heterocycles. The predicted molar refractivity (Wildman–Crippen MR) is 76.3 cm³/mol. The molecule has 0 heterocycles. The second-order valence-corrected chi connectivity index (χ2v) is 6.02. The number of rotatable bonds is 4. The lowest BCUT2D eigenvalue weighted by atomic mass is 10.1. The third kappa shape index (κ3) is 3.34. The molecule has 0 saturated heterocycles. The van der Waals surface area contributed by atoms with Crippen LogP contribution in [-0.2, 0) is 10.0 Å². The highest BCUT2D eigenvalue weighted by molar-refractivity contribution is 7.89. The highest BCUT2D eigenvalue weighted by atomic mass is 32.2. The Hall–Kier alpha value is -1.92. The molecule has 0 bridgehead atoms. The summed E-state index contributed by atoms with van der Waals surface area (Å²) in [6, 6.07) is 12.3. The normalized spacial score (nSPS) is 12.9. The van der Waals surface area contributed by atoms with E-state index in [2.05, 4.69) is 5.32 Å². The molecule has 0 aromatic heterocycles. The fraction of sp³-hybridized carbons (Fsp3) is 0.143. The third-order valence-electron chi connectivity index (χ3n) is 2.93. The molecule has 0 aliphatic carbocycles. The van der Waals surface area contributed by atoms with Gasteiger partial charge in [0.2, 0.25) is 10.0 Å². The van der Waals surface area contributed by atoms with Crippen molar-refractivity contribution in [1.29, 1.82) is 0 Å². The molecule has 0 fully saturated rings. The van der Waals surface area contributed by atoms with E-state index in [0.717, 1.165) is 0 Å². The number of hydrogen-bond acceptors (Lipinski definition) is 3. The van der Waals surface area contributed by atoms with Crippen molar-refractivity contribution in [1.82, 2.24) is 0 Å². The van der Waals surface area contributed by atoms with E-state index in [9.17, 15) is 12.8 Å². The molecular weight excluding hydrogens is 279 g/mol. The first-order valence-corrected chi connectivity index (χ1v) is 7.56. The minimum Gasteiger partial charge on any atom is -0.376 e. The van der Waals surface area contributed by atoms with Crippen LogP contribution in [0, 0.1) is 5.82 Å². The molecule has 2 aromatic rings. The molecule has 0 radical (unpaired) electrons. The standard InChI is InChI=1S/C14H15FN2O2S/c1-10(17-14-8-3-2-7-13(14)15)11-5-4-6-12(9-11)20(16,18)19/h2-10,17H,1H3,(H2,16,18,19). The Bertz CT molecular complexity index is 717. The number of sulfonamides is 1. The molecule has 1 atom stereocenters. The van der Waals surface area contributed by atoms with Gasteiger partial charge in [-0.25, -0.2) is 17.9 Å². The van der Waals surface area contributed by atoms with Gasteiger partial charge in [-0.2, -0.15) is 0 Å². The van der Waals surface area contributed by atoms with Gasteiger partial charge in [0.1, 0.15) is 5.82 Å². The van der Waals surface area contributed by atoms with Crippen molar-refractivity contribution >= 4 is 15.7 Å². The van der Waals surface area contributed by atoms with Crippen molar-refractivity contribution in [3.05, 3.63) is 59.9 Å². The summed E-state index contributed by atoms with van der Waals surface area (Å²) in [5, 5.41) is 8.09. The molecule has 0 amide bonds. The lowest BCUT2D eigenvalue weighted by Crippen LogP contribution is -2.14. The van der Waals surface area contributed by atoms with Crippen molar-refractivity contribution in [3.63, 3.8) is 0 Å². The Kier molecular flexibility index (Phi) is 4.06. The monoisotopic (exact) mass is 294 g/mol. The number of hydrogen-bond donors (Lipinski definition) is 2. The van der Waals surface area contributed by atoms with E-state index >= 15 is 0 Å². The van der Waals surface area contributed by atoms with Crippen LogP contribution in [0.4, 0.5) is 10.1 Å². The summed E-state index contributed by atoms with van der Waals surface area (Å²) in [5.41, 5.74) is 1.07. The van der Waals surface area contributed by atoms with Crippen molar-refractivity contribution in [2.45, 2.75) is 17.9 Å². The highest BCUT2D eigenvalue weighted by Crippen LogP contribution is 2.22. The molecule has 0 aliphatic rings. The number of nitrogens with one attached hydrogen (secondary N) is 1. The predicted octanol–water partition coefficient (Wildman–Crippen LogP) is 2.65. The Morgan fingerprint density at radius 1 is 1.15 bits per heavy atom. The zero-order valence-corrected chi connectivity index (χ0v) is 11.7. The van der Waals surface area contributed by atoms with Gasteiger partial charge in [-0.05, 0) is 36.8 Å². The summed E-state index contributed by atoms with van der Waals surface area (Å²) in [4.78, 5) is 0.0391. The topological polar surface area (TPSA) is 72.2 Å². The van der Waals surface area contributed by atoms with E-state index in [1.807, 2.05) is 6.92 Å². The van der Waals surface area contributed by atoms with Gasteiger partial charge in [-0.15, -0.1) is 0 Å². The van der Waals surface area contributed by atoms with Crippen molar-refractivity contribution in [2.24, 2.45) is 5.14 Å². The summed E-state index contributed by atoms with van der Waals surface area (Å²) in [5.74, 6) is -0.359. The largest absolute Gasteiger partial charge is 0.376 e. The van der Waals surface area contributed by atoms with Crippen LogP contribution in [0.15, 0.2) is 53.4 Å². The Morgan fingerprint density at radius 3 is 2.50 bits per heavy atom. The molecule has 3 N–H and O–H groups in total. The number of anilines is 1. The zero-order valence-electron chi connectivity index (χ0n) is 10.9. The SMILES string of the molecule is CC(Nc1ccccc1F)c1cccc(S(N)(=O)=O)c1. The first kappa shape index (κ1) is 14.5. The molecule has 6 heteroatoms. The second-order valence-electron chi connectivity index (χ2n) is 4.46. The minimum atomic E-state index is -3.74. The van der Waals surface area contributed by atoms with Crippen LogP contribution >= 0.6 is 0 Å². The number of nitrogens with two attached hydrogens (primary N) is 1. The molecule has 20 heavy (non-hydrogen) atoms. The zero-order chi connectivity index (χ0) is 14.8. The van der Waals surface area contributed by atoms with Crippen LogP contribution in [0.25, 0.3) is 0 Å². The summed E-state index contributed by atoms with van der Waals surface area (Å²) < 4.78 is 36.2. The third-order valence-corrected chi connectivity index (χ3v) is 3.84. The smallest absolute Gasteiger partial charge is 0.238 e. The molecule has 0 spiro atoms. The van der Waals surface area contributed by atoms with Gasteiger partial charge in [0.15, 0.2) is 0 Å². The van der Waals surface area contributed by atoms with Gasteiger partial charge in [0.25, 0.3) is 0 Å². The fourth-order valence-corrected chi connectivity index (χ4v) is 2.42. The maximum atomic E-state index is 13.6. The van der Waals surface area contributed by atoms with Gasteiger partial charge >= 0.3 is 0 Å². The van der Waals surface area contributed by atoms with Gasteiger partial charge < -0.3 is 5.32 Å². The van der Waals surface area contributed by atoms with E-state index < -0.39 is 10.0 Å². The lowest BCUT2D eigenvalue weighted by molar-refractivity contribution is 0.597. The second kappa shape index (κ2) is 5.60. The lowest BCUT2D eigenvalue weighted by Gasteiger charge is -2.16. The average molecular weight is 294 g/mol. The number of halogens is 1. The molecule has 4 nitrogen and oxygen atoms in total. The van der Waals surface area contributed by atoms with Crippen LogP contribution < -0.4 is 10.5 Å². The van der Waals surface area contributed by atoms with E-state index in [-0.39, 0.29) is 16.8 Å². The first-order chi connectivity index (χ1) is 9.38. The van der Waals surface area contributed by atoms with Gasteiger partial charge in [0.05, 0.1) is 10.6 Å². The van der Waals surface area contributed by atoms with Gasteiger partial charge in [-0.3, -0.25) is 0 Å². The van der Waals surface area contributed by atoms with Crippen molar-refractivity contribution in [3.8, 4) is 0 Å². The van der Waals surface area contributed by atoms with E-state index in [4.69, 9.17) is 5.14 Å². The molecule has 0 saturated carbocycles. The Labute approximate surface area is 117 Å². The van der Waals surface area contributed by atoms with Gasteiger partial charge in [-0.1, -0.05) is 24.3 Å². The maximum Gasteiger partial charge on any atom is 0.238 e. The van der Waals surface area contributed by atoms with E-state index in [1.54, 1.807) is 30.3 Å². The van der Waals surface area contributed by atoms with Crippen LogP contribution in [0.1, 0.15) is 18.5 Å². The first-order valence-electron chi connectivity index (χ1n) is 6.02. The highest BCUT2D eigenvalue weighted by Gasteiger charge is 2.12. The summed E-state index contributed by atoms with van der Waals surface area (Å²) >= 11 is 0. The molecule has 1 unspecified atom stereocenters. The van der Waals surface area contributed by atoms with Crippen LogP contribution in [0.5, 0.6) is 0 Å². The molecular formula is C14H15FN2O2S. The summed E-state index contributed by atoms with van der Waals surface area (Å²) in [7, 11) is -3.74. The Morgan fingerprint density at radius 2 is 1.85 bits per heavy atom. The maximum absolute atomic E-state index is 13.6. The summed E-state index contributed by atoms with van der Waals surface area (Å²) in [6.45, 7) is 1.81. The quantitative estimate of drug-likeness (QED) is 0.910. The molecule has 2 rings (SSSR count). The average Bonchev–Trinajstić information content (AvgIpc) is 2.40. The number of para-hydroxylation sites is 1. The van der Waals surface area contributed by atoms with Crippen molar-refractivity contribution in [2.75, 3.05) is 5.32 Å². The van der Waals surface area contributed by atoms with Gasteiger partial charge in [0, 0.05) is 6.04 Å². The minimum absolute atomic E-state index is 0.0391. The van der Waals surface area contributed by atoms with Crippen LogP contribution in [0.3, 0.4) is 0 Å². The summed E-state index contributed by atoms with van der Waals surface area (Å²) in [6.07, 6.45) is 0. The van der Waals surface area contributed by atoms with Crippen molar-refractivity contribution < 1.29 is 12.8 Å². The fourth-order valence-electron chi connectivity index (χ4n) is 1.86. The van der Waals surface area contributed by atoms with E-state index in [0.29, 0.717) is 11.3 Å². The van der Waals surface area contributed by atoms with Crippen LogP contribution in [-0.4, -0.2) is 8.42 Å². The van der Waals surface area contributed by atoms with E-state index in [1.165, 1.54) is 18.2 Å². The molecule has 2 aromatic carbocycles. The number of primary sulfonamides is 1. The molecule has 106 valence electrons. The van der Waals surface area contributed by atoms with Crippen LogP contribution in [0.2, 0.25) is 0 Å².